The van der Waals surface area contributed by atoms with E-state index in [0.29, 0.717) is 5.02 Å². The Labute approximate surface area is 86.2 Å². The van der Waals surface area contributed by atoms with Crippen molar-refractivity contribution < 1.29 is 0 Å². The van der Waals surface area contributed by atoms with E-state index in [1.165, 1.54) is 0 Å². The van der Waals surface area contributed by atoms with E-state index in [9.17, 15) is 0 Å². The number of hydrogen-bond acceptors (Lipinski definition) is 3. The number of aromatic nitrogens is 1. The number of nitrogens with two attached hydrogens (primary N) is 1. The predicted molar refractivity (Wildman–Crippen MR) is 58.5 cm³/mol. The minimum Gasteiger partial charge on any atom is -0.323 e. The third kappa shape index (κ3) is 1.54. The molecule has 0 atom stereocenters. The third-order valence-corrected chi connectivity index (χ3v) is 2.27. The zero-order chi connectivity index (χ0) is 9.97. The molecule has 0 saturated carbocycles. The number of pyridine rings is 1. The summed E-state index contributed by atoms with van der Waals surface area (Å²) in [4.78, 5) is 4.18. The van der Waals surface area contributed by atoms with E-state index < -0.39 is 0 Å². The number of fused-ring (bicyclic) bond motifs is 1. The van der Waals surface area contributed by atoms with Gasteiger partial charge < -0.3 is 5.84 Å². The van der Waals surface area contributed by atoms with Gasteiger partial charge in [0.2, 0.25) is 0 Å². The molecule has 2 rings (SSSR count). The molecule has 0 bridgehead atoms. The van der Waals surface area contributed by atoms with E-state index in [1.807, 2.05) is 18.2 Å². The van der Waals surface area contributed by atoms with Gasteiger partial charge in [0.25, 0.3) is 0 Å². The summed E-state index contributed by atoms with van der Waals surface area (Å²) in [6.45, 7) is 0. The van der Waals surface area contributed by atoms with Crippen LogP contribution in [0.5, 0.6) is 0 Å². The molecule has 1 aromatic carbocycles. The highest BCUT2D eigenvalue weighted by molar-refractivity contribution is 6.35. The first-order chi connectivity index (χ1) is 6.81. The van der Waals surface area contributed by atoms with E-state index in [-0.39, 0.29) is 0 Å². The van der Waals surface area contributed by atoms with Gasteiger partial charge in [0.1, 0.15) is 0 Å². The fraction of sp³-hybridized carbons (Fsp3) is 0. The lowest BCUT2D eigenvalue weighted by Gasteiger charge is -1.99. The van der Waals surface area contributed by atoms with Crippen LogP contribution in [-0.4, -0.2) is 11.2 Å². The Morgan fingerprint density at radius 1 is 1.36 bits per heavy atom. The highest BCUT2D eigenvalue weighted by Crippen LogP contribution is 2.21. The average Bonchev–Trinajstić information content (AvgIpc) is 2.20. The molecular formula is C10H8ClN3. The molecule has 0 fully saturated rings. The van der Waals surface area contributed by atoms with Gasteiger partial charge in [0.15, 0.2) is 0 Å². The Balaban J connectivity index is 2.69. The van der Waals surface area contributed by atoms with Gasteiger partial charge in [-0.05, 0) is 23.8 Å². The van der Waals surface area contributed by atoms with Crippen LogP contribution >= 0.6 is 11.6 Å². The summed E-state index contributed by atoms with van der Waals surface area (Å²) in [6, 6.07) is 7.44. The van der Waals surface area contributed by atoms with Gasteiger partial charge in [-0.2, -0.15) is 5.10 Å². The average molecular weight is 206 g/mol. The molecule has 2 aromatic rings. The largest absolute Gasteiger partial charge is 0.323 e. The van der Waals surface area contributed by atoms with Crippen molar-refractivity contribution in [1.29, 1.82) is 0 Å². The molecule has 70 valence electrons. The van der Waals surface area contributed by atoms with Gasteiger partial charge in [-0.15, -0.1) is 0 Å². The molecular weight excluding hydrogens is 198 g/mol. The molecule has 0 aliphatic carbocycles. The standard InChI is InChI=1S/C10H8ClN3/c11-9-3-4-13-10-2-1-7(6-14-12)5-8(9)10/h1-6H,12H2. The van der Waals surface area contributed by atoms with Crippen LogP contribution in [0.15, 0.2) is 35.6 Å². The highest BCUT2D eigenvalue weighted by atomic mass is 35.5. The second-order valence-corrected chi connectivity index (χ2v) is 3.25. The number of benzene rings is 1. The molecule has 4 heteroatoms. The molecule has 1 aromatic heterocycles. The zero-order valence-electron chi connectivity index (χ0n) is 7.31. The Morgan fingerprint density at radius 3 is 3.00 bits per heavy atom. The molecule has 0 amide bonds. The summed E-state index contributed by atoms with van der Waals surface area (Å²) in [7, 11) is 0. The van der Waals surface area contributed by atoms with E-state index >= 15 is 0 Å². The second kappa shape index (κ2) is 3.64. The number of nitrogens with zero attached hydrogens (tertiary/aromatic N) is 2. The van der Waals surface area contributed by atoms with E-state index in [1.54, 1.807) is 18.5 Å². The van der Waals surface area contributed by atoms with Crippen molar-refractivity contribution in [2.75, 3.05) is 0 Å². The maximum absolute atomic E-state index is 6.01. The number of rotatable bonds is 1. The minimum atomic E-state index is 0.683. The van der Waals surface area contributed by atoms with Crippen LogP contribution in [0.25, 0.3) is 10.9 Å². The summed E-state index contributed by atoms with van der Waals surface area (Å²) >= 11 is 6.01. The third-order valence-electron chi connectivity index (χ3n) is 1.94. The number of hydrazone groups is 1. The van der Waals surface area contributed by atoms with Crippen molar-refractivity contribution in [2.45, 2.75) is 0 Å². The predicted octanol–water partition coefficient (Wildman–Crippen LogP) is 2.18. The Hall–Kier alpha value is -1.61. The molecule has 0 saturated heterocycles. The van der Waals surface area contributed by atoms with Crippen LogP contribution in [-0.2, 0) is 0 Å². The zero-order valence-corrected chi connectivity index (χ0v) is 8.07. The summed E-state index contributed by atoms with van der Waals surface area (Å²) in [5.74, 6) is 5.06. The van der Waals surface area contributed by atoms with Crippen LogP contribution in [0, 0.1) is 0 Å². The molecule has 2 N–H and O–H groups in total. The van der Waals surface area contributed by atoms with Gasteiger partial charge in [-0.1, -0.05) is 17.7 Å². The lowest BCUT2D eigenvalue weighted by molar-refractivity contribution is 1.26. The van der Waals surface area contributed by atoms with E-state index in [0.717, 1.165) is 16.5 Å². The SMILES string of the molecule is NN=Cc1ccc2nccc(Cl)c2c1. The first-order valence-corrected chi connectivity index (χ1v) is 4.46. The molecule has 0 aliphatic rings. The normalized spacial score (nSPS) is 11.2. The van der Waals surface area contributed by atoms with Gasteiger partial charge in [-0.25, -0.2) is 0 Å². The molecule has 0 unspecified atom stereocenters. The fourth-order valence-corrected chi connectivity index (χ4v) is 1.50. The molecule has 0 aliphatic heterocycles. The van der Waals surface area contributed by atoms with Crippen LogP contribution in [0.3, 0.4) is 0 Å². The van der Waals surface area contributed by atoms with Crippen molar-refractivity contribution in [3.63, 3.8) is 0 Å². The second-order valence-electron chi connectivity index (χ2n) is 2.85. The molecule has 3 nitrogen and oxygen atoms in total. The molecule has 1 heterocycles. The van der Waals surface area contributed by atoms with Crippen LogP contribution in [0.4, 0.5) is 0 Å². The van der Waals surface area contributed by atoms with Crippen LogP contribution in [0.1, 0.15) is 5.56 Å². The van der Waals surface area contributed by atoms with Crippen LogP contribution in [0.2, 0.25) is 5.02 Å². The first-order valence-electron chi connectivity index (χ1n) is 4.09. The summed E-state index contributed by atoms with van der Waals surface area (Å²) in [5, 5.41) is 5.05. The maximum Gasteiger partial charge on any atom is 0.0717 e. The van der Waals surface area contributed by atoms with E-state index in [2.05, 4.69) is 10.1 Å². The van der Waals surface area contributed by atoms with Gasteiger partial charge >= 0.3 is 0 Å². The van der Waals surface area contributed by atoms with Crippen molar-refractivity contribution in [3.05, 3.63) is 41.0 Å². The molecule has 14 heavy (non-hydrogen) atoms. The van der Waals surface area contributed by atoms with Gasteiger partial charge in [-0.3, -0.25) is 4.98 Å². The lowest BCUT2D eigenvalue weighted by atomic mass is 10.1. The Bertz CT molecular complexity index is 494. The number of halogens is 1. The Morgan fingerprint density at radius 2 is 2.21 bits per heavy atom. The van der Waals surface area contributed by atoms with Crippen molar-refractivity contribution in [3.8, 4) is 0 Å². The summed E-state index contributed by atoms with van der Waals surface area (Å²) < 4.78 is 0. The fourth-order valence-electron chi connectivity index (χ4n) is 1.30. The van der Waals surface area contributed by atoms with Gasteiger partial charge in [0, 0.05) is 11.6 Å². The Kier molecular flexibility index (Phi) is 2.33. The van der Waals surface area contributed by atoms with Crippen molar-refractivity contribution >= 4 is 28.7 Å². The summed E-state index contributed by atoms with van der Waals surface area (Å²) in [6.07, 6.45) is 3.25. The minimum absolute atomic E-state index is 0.683. The highest BCUT2D eigenvalue weighted by Gasteiger charge is 1.99. The number of hydrogen-bond donors (Lipinski definition) is 1. The van der Waals surface area contributed by atoms with Gasteiger partial charge in [0.05, 0.1) is 16.8 Å². The maximum atomic E-state index is 6.01. The quantitative estimate of drug-likeness (QED) is 0.441. The van der Waals surface area contributed by atoms with E-state index in [4.69, 9.17) is 17.4 Å². The monoisotopic (exact) mass is 205 g/mol. The topological polar surface area (TPSA) is 51.3 Å². The smallest absolute Gasteiger partial charge is 0.0717 e. The lowest BCUT2D eigenvalue weighted by Crippen LogP contribution is -1.87. The molecule has 0 spiro atoms. The summed E-state index contributed by atoms with van der Waals surface area (Å²) in [5.41, 5.74) is 1.78. The van der Waals surface area contributed by atoms with Crippen LogP contribution < -0.4 is 5.84 Å². The van der Waals surface area contributed by atoms with Crippen molar-refractivity contribution in [2.24, 2.45) is 10.9 Å². The van der Waals surface area contributed by atoms with Crippen molar-refractivity contribution in [1.82, 2.24) is 4.98 Å². The molecule has 0 radical (unpaired) electrons. The first kappa shape index (κ1) is 8.97.